The minimum atomic E-state index is -0.617. The summed E-state index contributed by atoms with van der Waals surface area (Å²) in [6.07, 6.45) is 7.92. The zero-order valence-electron chi connectivity index (χ0n) is 15.1. The molecule has 132 valence electrons. The summed E-state index contributed by atoms with van der Waals surface area (Å²) in [6, 6.07) is 0. The summed E-state index contributed by atoms with van der Waals surface area (Å²) in [7, 11) is 0. The summed E-state index contributed by atoms with van der Waals surface area (Å²) in [5.74, 6) is 0.589. The van der Waals surface area contributed by atoms with Gasteiger partial charge in [0.15, 0.2) is 0 Å². The van der Waals surface area contributed by atoms with E-state index >= 15 is 0 Å². The minimum absolute atomic E-state index is 0.0691. The van der Waals surface area contributed by atoms with Crippen LogP contribution in [-0.4, -0.2) is 22.8 Å². The summed E-state index contributed by atoms with van der Waals surface area (Å²) in [4.78, 5) is 12.0. The fraction of sp³-hybridized carbons (Fsp3) is 0.850. The van der Waals surface area contributed by atoms with E-state index in [4.69, 9.17) is 5.11 Å². The van der Waals surface area contributed by atoms with Crippen molar-refractivity contribution in [2.45, 2.75) is 72.1 Å². The Morgan fingerprint density at radius 2 is 2.04 bits per heavy atom. The lowest BCUT2D eigenvalue weighted by Crippen LogP contribution is -2.53. The molecule has 0 aliphatic heterocycles. The van der Waals surface area contributed by atoms with E-state index in [0.29, 0.717) is 11.8 Å². The van der Waals surface area contributed by atoms with Gasteiger partial charge in [-0.05, 0) is 68.6 Å². The number of aliphatic carboxylic acids is 1. The highest BCUT2D eigenvalue weighted by Gasteiger charge is 2.57. The van der Waals surface area contributed by atoms with Gasteiger partial charge in [0, 0.05) is 6.61 Å². The van der Waals surface area contributed by atoms with Gasteiger partial charge in [-0.2, -0.15) is 0 Å². The standard InChI is InChI=1S/C20H34O3/c1-14(10-13-21)6-8-16-15(2)7-9-17-19(16,3)11-5-12-20(17,4)18(22)23/h14,16-17,21H,2,5-13H2,1,3-4H3,(H,22,23)/t14-,16+,17-,19-,20-/m1/s1. The molecule has 2 saturated carbocycles. The predicted octanol–water partition coefficient (Wildman–Crippen LogP) is 4.65. The number of carboxylic acid groups (broad SMARTS) is 1. The van der Waals surface area contributed by atoms with Gasteiger partial charge in [0.05, 0.1) is 5.41 Å². The Labute approximate surface area is 141 Å². The van der Waals surface area contributed by atoms with Gasteiger partial charge in [-0.1, -0.05) is 38.8 Å². The molecule has 3 heteroatoms. The first kappa shape index (κ1) is 18.5. The van der Waals surface area contributed by atoms with Gasteiger partial charge >= 0.3 is 5.97 Å². The zero-order valence-corrected chi connectivity index (χ0v) is 15.1. The van der Waals surface area contributed by atoms with Crippen molar-refractivity contribution in [3.05, 3.63) is 12.2 Å². The van der Waals surface area contributed by atoms with E-state index in [2.05, 4.69) is 20.4 Å². The largest absolute Gasteiger partial charge is 0.481 e. The van der Waals surface area contributed by atoms with Crippen LogP contribution in [-0.2, 0) is 4.79 Å². The van der Waals surface area contributed by atoms with Crippen molar-refractivity contribution in [1.82, 2.24) is 0 Å². The molecule has 2 aliphatic carbocycles. The predicted molar refractivity (Wildman–Crippen MR) is 93.2 cm³/mol. The molecule has 0 radical (unpaired) electrons. The highest BCUT2D eigenvalue weighted by Crippen LogP contribution is 2.62. The second kappa shape index (κ2) is 6.96. The van der Waals surface area contributed by atoms with Crippen molar-refractivity contribution in [1.29, 1.82) is 0 Å². The van der Waals surface area contributed by atoms with Crippen molar-refractivity contribution in [3.63, 3.8) is 0 Å². The van der Waals surface area contributed by atoms with Crippen molar-refractivity contribution < 1.29 is 15.0 Å². The summed E-state index contributed by atoms with van der Waals surface area (Å²) >= 11 is 0. The van der Waals surface area contributed by atoms with Gasteiger partial charge in [-0.15, -0.1) is 0 Å². The third-order valence-corrected chi connectivity index (χ3v) is 7.08. The molecule has 23 heavy (non-hydrogen) atoms. The van der Waals surface area contributed by atoms with Gasteiger partial charge in [0.25, 0.3) is 0 Å². The van der Waals surface area contributed by atoms with Crippen LogP contribution >= 0.6 is 0 Å². The number of carbonyl (C=O) groups is 1. The molecule has 0 unspecified atom stereocenters. The molecule has 0 saturated heterocycles. The molecule has 0 aromatic heterocycles. The SMILES string of the molecule is C=C1CC[C@@H]2[C@](C)(CCC[C@@]2(C)C(=O)O)[C@H]1CC[C@@H](C)CCO. The molecule has 0 heterocycles. The normalized spacial score (nSPS) is 38.9. The number of fused-ring (bicyclic) bond motifs is 1. The first-order valence-electron chi connectivity index (χ1n) is 9.27. The van der Waals surface area contributed by atoms with Crippen LogP contribution in [0.25, 0.3) is 0 Å². The van der Waals surface area contributed by atoms with Gasteiger partial charge in [-0.3, -0.25) is 4.79 Å². The van der Waals surface area contributed by atoms with Crippen LogP contribution in [0.3, 0.4) is 0 Å². The Morgan fingerprint density at radius 3 is 2.65 bits per heavy atom. The van der Waals surface area contributed by atoms with Gasteiger partial charge in [0.2, 0.25) is 0 Å². The minimum Gasteiger partial charge on any atom is -0.481 e. The molecular formula is C20H34O3. The van der Waals surface area contributed by atoms with Crippen LogP contribution in [0.5, 0.6) is 0 Å². The highest BCUT2D eigenvalue weighted by molar-refractivity contribution is 5.75. The lowest BCUT2D eigenvalue weighted by molar-refractivity contribution is -0.164. The van der Waals surface area contributed by atoms with Crippen LogP contribution in [0.1, 0.15) is 72.1 Å². The molecule has 5 atom stereocenters. The topological polar surface area (TPSA) is 57.5 Å². The van der Waals surface area contributed by atoms with Crippen LogP contribution in [0.2, 0.25) is 0 Å². The van der Waals surface area contributed by atoms with Gasteiger partial charge < -0.3 is 10.2 Å². The third-order valence-electron chi connectivity index (χ3n) is 7.08. The number of aliphatic hydroxyl groups is 1. The molecule has 0 amide bonds. The number of hydrogen-bond acceptors (Lipinski definition) is 2. The first-order valence-corrected chi connectivity index (χ1v) is 9.27. The maximum Gasteiger partial charge on any atom is 0.309 e. The average molecular weight is 322 g/mol. The van der Waals surface area contributed by atoms with Crippen molar-refractivity contribution in [2.75, 3.05) is 6.61 Å². The molecule has 0 spiro atoms. The summed E-state index contributed by atoms with van der Waals surface area (Å²) in [6.45, 7) is 11.1. The Bertz CT molecular complexity index is 458. The molecule has 2 fully saturated rings. The van der Waals surface area contributed by atoms with Gasteiger partial charge in [-0.25, -0.2) is 0 Å². The summed E-state index contributed by atoms with van der Waals surface area (Å²) < 4.78 is 0. The van der Waals surface area contributed by atoms with Crippen LogP contribution in [0.4, 0.5) is 0 Å². The van der Waals surface area contributed by atoms with Crippen LogP contribution < -0.4 is 0 Å². The highest BCUT2D eigenvalue weighted by atomic mass is 16.4. The number of allylic oxidation sites excluding steroid dienone is 1. The Kier molecular flexibility index (Phi) is 5.60. The van der Waals surface area contributed by atoms with E-state index in [-0.39, 0.29) is 17.9 Å². The van der Waals surface area contributed by atoms with Crippen LogP contribution in [0, 0.1) is 28.6 Å². The lowest BCUT2D eigenvalue weighted by Gasteiger charge is -2.57. The van der Waals surface area contributed by atoms with E-state index in [0.717, 1.165) is 51.4 Å². The molecule has 0 bridgehead atoms. The second-order valence-corrected chi connectivity index (χ2v) is 8.58. The van der Waals surface area contributed by atoms with Gasteiger partial charge in [0.1, 0.15) is 0 Å². The fourth-order valence-electron chi connectivity index (χ4n) is 5.55. The van der Waals surface area contributed by atoms with Crippen molar-refractivity contribution in [3.8, 4) is 0 Å². The second-order valence-electron chi connectivity index (χ2n) is 8.58. The summed E-state index contributed by atoms with van der Waals surface area (Å²) in [5, 5.41) is 19.0. The molecule has 3 nitrogen and oxygen atoms in total. The maximum atomic E-state index is 12.0. The lowest BCUT2D eigenvalue weighted by atomic mass is 9.46. The average Bonchev–Trinajstić information content (AvgIpc) is 2.46. The molecule has 2 rings (SSSR count). The summed E-state index contributed by atoms with van der Waals surface area (Å²) in [5.41, 5.74) is 0.817. The molecule has 0 aromatic carbocycles. The van der Waals surface area contributed by atoms with Crippen molar-refractivity contribution >= 4 is 5.97 Å². The molecule has 2 aliphatic rings. The number of aliphatic hydroxyl groups excluding tert-OH is 1. The monoisotopic (exact) mass is 322 g/mol. The van der Waals surface area contributed by atoms with E-state index in [1.807, 2.05) is 6.92 Å². The maximum absolute atomic E-state index is 12.0. The first-order chi connectivity index (χ1) is 10.8. The fourth-order valence-corrected chi connectivity index (χ4v) is 5.55. The quantitative estimate of drug-likeness (QED) is 0.700. The van der Waals surface area contributed by atoms with E-state index < -0.39 is 11.4 Å². The van der Waals surface area contributed by atoms with E-state index in [9.17, 15) is 9.90 Å². The molecular weight excluding hydrogens is 288 g/mol. The Hall–Kier alpha value is -0.830. The third kappa shape index (κ3) is 3.35. The zero-order chi connectivity index (χ0) is 17.3. The number of hydrogen-bond donors (Lipinski definition) is 2. The number of rotatable bonds is 6. The molecule has 2 N–H and O–H groups in total. The number of carboxylic acids is 1. The molecule has 0 aromatic rings. The van der Waals surface area contributed by atoms with E-state index in [1.165, 1.54) is 5.57 Å². The van der Waals surface area contributed by atoms with E-state index in [1.54, 1.807) is 0 Å². The Morgan fingerprint density at radius 1 is 1.35 bits per heavy atom. The Balaban J connectivity index is 2.21. The van der Waals surface area contributed by atoms with Crippen LogP contribution in [0.15, 0.2) is 12.2 Å². The van der Waals surface area contributed by atoms with Crippen molar-refractivity contribution in [2.24, 2.45) is 28.6 Å². The smallest absolute Gasteiger partial charge is 0.309 e.